The molecule has 0 amide bonds. The van der Waals surface area contributed by atoms with E-state index < -0.39 is 0 Å². The van der Waals surface area contributed by atoms with E-state index in [2.05, 4.69) is 52.2 Å². The van der Waals surface area contributed by atoms with Gasteiger partial charge in [0.1, 0.15) is 0 Å². The van der Waals surface area contributed by atoms with Crippen molar-refractivity contribution >= 4 is 0 Å². The summed E-state index contributed by atoms with van der Waals surface area (Å²) in [7, 11) is 1.96. The van der Waals surface area contributed by atoms with Crippen LogP contribution in [0.1, 0.15) is 41.5 Å². The molecule has 0 aromatic heterocycles. The van der Waals surface area contributed by atoms with Crippen LogP contribution in [0.2, 0.25) is 0 Å². The van der Waals surface area contributed by atoms with Crippen molar-refractivity contribution in [1.82, 2.24) is 5.32 Å². The number of allylic oxidation sites excluding steroid dienone is 7. The maximum Gasteiger partial charge on any atom is 0.0359 e. The predicted octanol–water partition coefficient (Wildman–Crippen LogP) is 4.91. The van der Waals surface area contributed by atoms with E-state index in [1.807, 2.05) is 20.9 Å². The first kappa shape index (κ1) is 16.5. The average molecular weight is 245 g/mol. The summed E-state index contributed by atoms with van der Waals surface area (Å²) >= 11 is 0. The van der Waals surface area contributed by atoms with Gasteiger partial charge in [0.2, 0.25) is 0 Å². The van der Waals surface area contributed by atoms with Crippen LogP contribution in [0.25, 0.3) is 0 Å². The monoisotopic (exact) mass is 245 g/mol. The zero-order valence-electron chi connectivity index (χ0n) is 13.0. The highest BCUT2D eigenvalue weighted by atomic mass is 14.8. The Bertz CT molecular complexity index is 438. The van der Waals surface area contributed by atoms with E-state index >= 15 is 0 Å². The molecule has 0 saturated heterocycles. The lowest BCUT2D eigenvalue weighted by Crippen LogP contribution is -2.10. The van der Waals surface area contributed by atoms with Crippen molar-refractivity contribution in [3.8, 4) is 0 Å². The largest absolute Gasteiger partial charge is 0.388 e. The van der Waals surface area contributed by atoms with Crippen LogP contribution in [0.5, 0.6) is 0 Å². The zero-order valence-corrected chi connectivity index (χ0v) is 13.0. The van der Waals surface area contributed by atoms with E-state index in [0.29, 0.717) is 0 Å². The highest BCUT2D eigenvalue weighted by Crippen LogP contribution is 2.23. The second-order valence-electron chi connectivity index (χ2n) is 5.05. The number of hydrogen-bond donors (Lipinski definition) is 1. The molecule has 0 bridgehead atoms. The molecular weight excluding hydrogens is 218 g/mol. The maximum atomic E-state index is 4.08. The maximum absolute atomic E-state index is 4.08. The summed E-state index contributed by atoms with van der Waals surface area (Å²) < 4.78 is 0. The van der Waals surface area contributed by atoms with E-state index in [-0.39, 0.29) is 0 Å². The molecule has 0 atom stereocenters. The average Bonchev–Trinajstić information content (AvgIpc) is 2.24. The molecule has 100 valence electrons. The Hall–Kier alpha value is -1.50. The van der Waals surface area contributed by atoms with E-state index in [4.69, 9.17) is 0 Å². The van der Waals surface area contributed by atoms with Crippen LogP contribution in [0.15, 0.2) is 58.4 Å². The molecule has 0 rings (SSSR count). The minimum absolute atomic E-state index is 1.07. The number of hydrogen-bond acceptors (Lipinski definition) is 1. The van der Waals surface area contributed by atoms with Crippen LogP contribution in [-0.2, 0) is 0 Å². The van der Waals surface area contributed by atoms with Gasteiger partial charge in [-0.05, 0) is 58.3 Å². The molecule has 0 aliphatic heterocycles. The standard InChI is InChI=1S/C17H27N/c1-11(2)14(7)10-16(12(3)4)15(8)17(18-9)13(5)6/h10,18H,1,3H2,2,4-9H3/b14-10+,16-15-. The number of likely N-dealkylation sites (N-methyl/N-ethyl adjacent to an activating group) is 1. The quantitative estimate of drug-likeness (QED) is 0.678. The van der Waals surface area contributed by atoms with Crippen LogP contribution in [0, 0.1) is 0 Å². The van der Waals surface area contributed by atoms with Crippen LogP contribution >= 0.6 is 0 Å². The second-order valence-corrected chi connectivity index (χ2v) is 5.05. The zero-order chi connectivity index (χ0) is 14.5. The van der Waals surface area contributed by atoms with E-state index in [0.717, 1.165) is 11.1 Å². The van der Waals surface area contributed by atoms with Crippen LogP contribution in [0.3, 0.4) is 0 Å². The second kappa shape index (κ2) is 7.05. The summed E-state index contributed by atoms with van der Waals surface area (Å²) in [6.07, 6.45) is 2.17. The molecule has 0 unspecified atom stereocenters. The molecule has 0 aliphatic carbocycles. The molecule has 18 heavy (non-hydrogen) atoms. The third-order valence-corrected chi connectivity index (χ3v) is 3.02. The first-order valence-electron chi connectivity index (χ1n) is 6.28. The SMILES string of the molecule is C=C(C)C(/C=C(\C)C(=C)C)=C(/C)C(NC)=C(C)C. The van der Waals surface area contributed by atoms with Crippen molar-refractivity contribution in [2.75, 3.05) is 7.05 Å². The molecule has 0 radical (unpaired) electrons. The van der Waals surface area contributed by atoms with Gasteiger partial charge in [-0.1, -0.05) is 36.0 Å². The molecule has 0 spiro atoms. The number of rotatable bonds is 5. The molecule has 1 N–H and O–H groups in total. The minimum Gasteiger partial charge on any atom is -0.388 e. The topological polar surface area (TPSA) is 12.0 Å². The van der Waals surface area contributed by atoms with Crippen molar-refractivity contribution in [1.29, 1.82) is 0 Å². The summed E-state index contributed by atoms with van der Waals surface area (Å²) in [6, 6.07) is 0. The molecular formula is C17H27N. The third kappa shape index (κ3) is 4.40. The smallest absolute Gasteiger partial charge is 0.0359 e. The summed E-state index contributed by atoms with van der Waals surface area (Å²) in [4.78, 5) is 0. The van der Waals surface area contributed by atoms with Crippen LogP contribution in [0.4, 0.5) is 0 Å². The molecule has 0 fully saturated rings. The van der Waals surface area contributed by atoms with Gasteiger partial charge in [0.15, 0.2) is 0 Å². The van der Waals surface area contributed by atoms with Crippen LogP contribution < -0.4 is 5.32 Å². The van der Waals surface area contributed by atoms with Gasteiger partial charge in [-0.25, -0.2) is 0 Å². The van der Waals surface area contributed by atoms with Crippen molar-refractivity contribution in [2.45, 2.75) is 41.5 Å². The number of nitrogens with one attached hydrogen (secondary N) is 1. The van der Waals surface area contributed by atoms with Crippen molar-refractivity contribution in [3.63, 3.8) is 0 Å². The first-order valence-corrected chi connectivity index (χ1v) is 6.28. The van der Waals surface area contributed by atoms with Crippen LogP contribution in [-0.4, -0.2) is 7.05 Å². The summed E-state index contributed by atoms with van der Waals surface area (Å²) in [5.41, 5.74) is 8.21. The molecule has 0 saturated carbocycles. The summed E-state index contributed by atoms with van der Waals surface area (Å²) in [6.45, 7) is 20.6. The summed E-state index contributed by atoms with van der Waals surface area (Å²) in [5.74, 6) is 0. The van der Waals surface area contributed by atoms with E-state index in [9.17, 15) is 0 Å². The molecule has 0 aromatic rings. The van der Waals surface area contributed by atoms with Gasteiger partial charge in [0, 0.05) is 12.7 Å². The molecule has 0 heterocycles. The van der Waals surface area contributed by atoms with Gasteiger partial charge in [-0.15, -0.1) is 0 Å². The van der Waals surface area contributed by atoms with E-state index in [1.165, 1.54) is 28.0 Å². The van der Waals surface area contributed by atoms with E-state index in [1.54, 1.807) is 0 Å². The Labute approximate surface area is 113 Å². The first-order chi connectivity index (χ1) is 8.22. The Balaban J connectivity index is 5.90. The molecule has 1 nitrogen and oxygen atoms in total. The lowest BCUT2D eigenvalue weighted by atomic mass is 9.95. The highest BCUT2D eigenvalue weighted by Gasteiger charge is 2.07. The van der Waals surface area contributed by atoms with Crippen molar-refractivity contribution in [2.24, 2.45) is 0 Å². The van der Waals surface area contributed by atoms with Gasteiger partial charge in [0.25, 0.3) is 0 Å². The Morgan fingerprint density at radius 2 is 1.39 bits per heavy atom. The third-order valence-electron chi connectivity index (χ3n) is 3.02. The van der Waals surface area contributed by atoms with Gasteiger partial charge in [-0.2, -0.15) is 0 Å². The predicted molar refractivity (Wildman–Crippen MR) is 83.5 cm³/mol. The molecule has 0 aromatic carbocycles. The fourth-order valence-corrected chi connectivity index (χ4v) is 1.84. The fourth-order valence-electron chi connectivity index (χ4n) is 1.84. The lowest BCUT2D eigenvalue weighted by Gasteiger charge is -2.15. The Morgan fingerprint density at radius 3 is 1.67 bits per heavy atom. The normalized spacial score (nSPS) is 12.7. The lowest BCUT2D eigenvalue weighted by molar-refractivity contribution is 0.960. The van der Waals surface area contributed by atoms with Gasteiger partial charge in [0.05, 0.1) is 0 Å². The molecule has 1 heteroatoms. The summed E-state index contributed by atoms with van der Waals surface area (Å²) in [5, 5.41) is 3.27. The Morgan fingerprint density at radius 1 is 0.889 bits per heavy atom. The van der Waals surface area contributed by atoms with Gasteiger partial charge in [-0.3, -0.25) is 0 Å². The van der Waals surface area contributed by atoms with Crippen molar-refractivity contribution < 1.29 is 0 Å². The minimum atomic E-state index is 1.07. The Kier molecular flexibility index (Phi) is 6.46. The highest BCUT2D eigenvalue weighted by molar-refractivity contribution is 5.51. The molecule has 0 aliphatic rings. The van der Waals surface area contributed by atoms with Gasteiger partial charge < -0.3 is 5.32 Å². The fraction of sp³-hybridized carbons (Fsp3) is 0.412. The van der Waals surface area contributed by atoms with Crippen molar-refractivity contribution in [3.05, 3.63) is 58.4 Å². The van der Waals surface area contributed by atoms with Gasteiger partial charge >= 0.3 is 0 Å².